The van der Waals surface area contributed by atoms with E-state index in [9.17, 15) is 9.59 Å². The van der Waals surface area contributed by atoms with Gasteiger partial charge in [-0.05, 0) is 33.6 Å². The molecule has 2 saturated heterocycles. The Morgan fingerprint density at radius 3 is 2.05 bits per heavy atom. The number of carbonyl (C=O) groups excluding carboxylic acids is 2. The van der Waals surface area contributed by atoms with E-state index in [2.05, 4.69) is 0 Å². The van der Waals surface area contributed by atoms with Gasteiger partial charge in [0.2, 0.25) is 5.91 Å². The average Bonchev–Trinajstić information content (AvgIpc) is 2.46. The van der Waals surface area contributed by atoms with E-state index in [1.165, 1.54) is 0 Å². The maximum atomic E-state index is 12.4. The minimum Gasteiger partial charge on any atom is -0.444 e. The van der Waals surface area contributed by atoms with Crippen LogP contribution >= 0.6 is 0 Å². The van der Waals surface area contributed by atoms with Crippen molar-refractivity contribution in [2.24, 2.45) is 5.92 Å². The lowest BCUT2D eigenvalue weighted by Gasteiger charge is -2.37. The van der Waals surface area contributed by atoms with Crippen LogP contribution in [-0.2, 0) is 14.3 Å². The molecule has 0 radical (unpaired) electrons. The van der Waals surface area contributed by atoms with Gasteiger partial charge in [-0.25, -0.2) is 4.79 Å². The van der Waals surface area contributed by atoms with Crippen LogP contribution in [0.4, 0.5) is 4.79 Å². The molecular formula is C15H26N2O4. The van der Waals surface area contributed by atoms with Crippen molar-refractivity contribution in [3.63, 3.8) is 0 Å². The van der Waals surface area contributed by atoms with E-state index >= 15 is 0 Å². The summed E-state index contributed by atoms with van der Waals surface area (Å²) in [5, 5.41) is 0. The van der Waals surface area contributed by atoms with Crippen LogP contribution in [0.15, 0.2) is 0 Å². The van der Waals surface area contributed by atoms with Crippen molar-refractivity contribution in [1.82, 2.24) is 9.80 Å². The van der Waals surface area contributed by atoms with Crippen LogP contribution < -0.4 is 0 Å². The minimum absolute atomic E-state index is 0.0897. The zero-order valence-electron chi connectivity index (χ0n) is 13.3. The number of ether oxygens (including phenoxy) is 2. The molecule has 0 aliphatic carbocycles. The molecule has 0 aromatic carbocycles. The van der Waals surface area contributed by atoms with Gasteiger partial charge in [0.15, 0.2) is 0 Å². The molecule has 0 spiro atoms. The number of hydrogen-bond donors (Lipinski definition) is 0. The molecule has 6 nitrogen and oxygen atoms in total. The Morgan fingerprint density at radius 1 is 1.00 bits per heavy atom. The van der Waals surface area contributed by atoms with Crippen molar-refractivity contribution in [2.45, 2.75) is 39.2 Å². The standard InChI is InChI=1S/C15H26N2O4/c1-15(2,3)21-14(19)17-8-6-16(7-9-17)13(18)12-4-10-20-11-5-12/h12H,4-11H2,1-3H3. The summed E-state index contributed by atoms with van der Waals surface area (Å²) in [6.07, 6.45) is 1.33. The Labute approximate surface area is 126 Å². The van der Waals surface area contributed by atoms with Crippen LogP contribution in [-0.4, -0.2) is 66.8 Å². The predicted octanol–water partition coefficient (Wildman–Crippen LogP) is 1.49. The van der Waals surface area contributed by atoms with Gasteiger partial charge in [0, 0.05) is 45.3 Å². The highest BCUT2D eigenvalue weighted by molar-refractivity contribution is 5.79. The molecule has 0 aromatic rings. The van der Waals surface area contributed by atoms with Crippen molar-refractivity contribution in [2.75, 3.05) is 39.4 Å². The SMILES string of the molecule is CC(C)(C)OC(=O)N1CCN(C(=O)C2CCOCC2)CC1. The maximum Gasteiger partial charge on any atom is 0.410 e. The van der Waals surface area contributed by atoms with E-state index in [0.717, 1.165) is 12.8 Å². The van der Waals surface area contributed by atoms with E-state index in [-0.39, 0.29) is 17.9 Å². The fourth-order valence-corrected chi connectivity index (χ4v) is 2.64. The molecule has 6 heteroatoms. The van der Waals surface area contributed by atoms with Crippen LogP contribution in [0.1, 0.15) is 33.6 Å². The third-order valence-corrected chi connectivity index (χ3v) is 3.81. The molecule has 2 fully saturated rings. The summed E-state index contributed by atoms with van der Waals surface area (Å²) in [6.45, 7) is 9.20. The molecule has 2 aliphatic heterocycles. The zero-order chi connectivity index (χ0) is 15.5. The van der Waals surface area contributed by atoms with Crippen LogP contribution in [0, 0.1) is 5.92 Å². The number of hydrogen-bond acceptors (Lipinski definition) is 4. The van der Waals surface area contributed by atoms with E-state index in [1.54, 1.807) is 4.90 Å². The fourth-order valence-electron chi connectivity index (χ4n) is 2.64. The number of nitrogens with zero attached hydrogens (tertiary/aromatic N) is 2. The molecule has 0 aromatic heterocycles. The molecule has 2 heterocycles. The van der Waals surface area contributed by atoms with Gasteiger partial charge in [0.1, 0.15) is 5.60 Å². The molecule has 21 heavy (non-hydrogen) atoms. The lowest BCUT2D eigenvalue weighted by molar-refractivity contribution is -0.140. The number of rotatable bonds is 1. The fraction of sp³-hybridized carbons (Fsp3) is 0.867. The summed E-state index contributed by atoms with van der Waals surface area (Å²) >= 11 is 0. The highest BCUT2D eigenvalue weighted by atomic mass is 16.6. The first-order valence-corrected chi connectivity index (χ1v) is 7.71. The third kappa shape index (κ3) is 4.59. The van der Waals surface area contributed by atoms with Crippen LogP contribution in [0.25, 0.3) is 0 Å². The second kappa shape index (κ2) is 6.64. The minimum atomic E-state index is -0.480. The summed E-state index contributed by atoms with van der Waals surface area (Å²) in [6, 6.07) is 0. The summed E-state index contributed by atoms with van der Waals surface area (Å²) in [5.41, 5.74) is -0.480. The van der Waals surface area contributed by atoms with Crippen molar-refractivity contribution < 1.29 is 19.1 Å². The topological polar surface area (TPSA) is 59.1 Å². The van der Waals surface area contributed by atoms with E-state index < -0.39 is 5.60 Å². The average molecular weight is 298 g/mol. The summed E-state index contributed by atoms with van der Waals surface area (Å²) < 4.78 is 10.6. The zero-order valence-corrected chi connectivity index (χ0v) is 13.3. The van der Waals surface area contributed by atoms with Gasteiger partial charge in [-0.3, -0.25) is 4.79 Å². The quantitative estimate of drug-likeness (QED) is 0.736. The summed E-state index contributed by atoms with van der Waals surface area (Å²) in [5.74, 6) is 0.300. The highest BCUT2D eigenvalue weighted by Crippen LogP contribution is 2.19. The van der Waals surface area contributed by atoms with Crippen molar-refractivity contribution in [3.05, 3.63) is 0 Å². The molecule has 2 amide bonds. The Morgan fingerprint density at radius 2 is 1.52 bits per heavy atom. The molecule has 120 valence electrons. The molecule has 2 aliphatic rings. The van der Waals surface area contributed by atoms with Crippen LogP contribution in [0.3, 0.4) is 0 Å². The van der Waals surface area contributed by atoms with Crippen molar-refractivity contribution in [3.8, 4) is 0 Å². The van der Waals surface area contributed by atoms with E-state index in [4.69, 9.17) is 9.47 Å². The molecular weight excluding hydrogens is 272 g/mol. The Kier molecular flexibility index (Phi) is 5.08. The van der Waals surface area contributed by atoms with Crippen molar-refractivity contribution >= 4 is 12.0 Å². The van der Waals surface area contributed by atoms with E-state index in [0.29, 0.717) is 39.4 Å². The maximum absolute atomic E-state index is 12.4. The Bertz CT molecular complexity index is 378. The molecule has 0 bridgehead atoms. The van der Waals surface area contributed by atoms with Gasteiger partial charge in [-0.2, -0.15) is 0 Å². The lowest BCUT2D eigenvalue weighted by atomic mass is 9.98. The molecule has 0 N–H and O–H groups in total. The summed E-state index contributed by atoms with van der Waals surface area (Å²) in [7, 11) is 0. The monoisotopic (exact) mass is 298 g/mol. The number of carbonyl (C=O) groups is 2. The third-order valence-electron chi connectivity index (χ3n) is 3.81. The first kappa shape index (κ1) is 16.1. The first-order valence-electron chi connectivity index (χ1n) is 7.71. The molecule has 0 unspecified atom stereocenters. The number of amides is 2. The van der Waals surface area contributed by atoms with Crippen molar-refractivity contribution in [1.29, 1.82) is 0 Å². The van der Waals surface area contributed by atoms with Gasteiger partial charge in [-0.1, -0.05) is 0 Å². The molecule has 0 saturated carbocycles. The largest absolute Gasteiger partial charge is 0.444 e. The second-order valence-corrected chi connectivity index (χ2v) is 6.68. The van der Waals surface area contributed by atoms with Crippen LogP contribution in [0.2, 0.25) is 0 Å². The lowest BCUT2D eigenvalue weighted by Crippen LogP contribution is -2.53. The second-order valence-electron chi connectivity index (χ2n) is 6.68. The molecule has 0 atom stereocenters. The smallest absolute Gasteiger partial charge is 0.410 e. The highest BCUT2D eigenvalue weighted by Gasteiger charge is 2.31. The Hall–Kier alpha value is -1.30. The first-order chi connectivity index (χ1) is 9.87. The Balaban J connectivity index is 1.80. The van der Waals surface area contributed by atoms with Gasteiger partial charge in [-0.15, -0.1) is 0 Å². The van der Waals surface area contributed by atoms with Gasteiger partial charge < -0.3 is 19.3 Å². The van der Waals surface area contributed by atoms with Gasteiger partial charge >= 0.3 is 6.09 Å². The molecule has 2 rings (SSSR count). The van der Waals surface area contributed by atoms with Gasteiger partial charge in [0.05, 0.1) is 0 Å². The summed E-state index contributed by atoms with van der Waals surface area (Å²) in [4.78, 5) is 27.9. The number of piperazine rings is 1. The van der Waals surface area contributed by atoms with E-state index in [1.807, 2.05) is 25.7 Å². The van der Waals surface area contributed by atoms with Crippen LogP contribution in [0.5, 0.6) is 0 Å². The predicted molar refractivity (Wildman–Crippen MR) is 77.9 cm³/mol. The van der Waals surface area contributed by atoms with Gasteiger partial charge in [0.25, 0.3) is 0 Å². The normalized spacial score (nSPS) is 21.3.